The molecule has 1 aromatic carbocycles. The van der Waals surface area contributed by atoms with Gasteiger partial charge in [0.25, 0.3) is 0 Å². The number of rotatable bonds is 0. The Balaban J connectivity index is 0.000000132. The number of benzene rings is 1. The van der Waals surface area contributed by atoms with Crippen molar-refractivity contribution >= 4 is 0 Å². The van der Waals surface area contributed by atoms with E-state index in [1.165, 1.54) is 5.56 Å². The molecule has 68 valence electrons. The lowest BCUT2D eigenvalue weighted by molar-refractivity contribution is 0.286. The van der Waals surface area contributed by atoms with E-state index in [-0.39, 0.29) is 0 Å². The standard InChI is InChI=1S/C7H8.C5H6O/c1-7-5-3-2-4-6-7;1-2-4-6-5-3-1/h2-6H,1H3;1-4H,5H2. The van der Waals surface area contributed by atoms with Crippen molar-refractivity contribution in [1.82, 2.24) is 0 Å². The molecule has 1 aliphatic rings. The molecule has 2 rings (SSSR count). The van der Waals surface area contributed by atoms with E-state index in [0.717, 1.165) is 6.61 Å². The van der Waals surface area contributed by atoms with Gasteiger partial charge in [-0.15, -0.1) is 0 Å². The van der Waals surface area contributed by atoms with Crippen LogP contribution in [0.25, 0.3) is 0 Å². The average Bonchev–Trinajstić information content (AvgIpc) is 2.22. The number of hydrogen-bond acceptors (Lipinski definition) is 1. The molecule has 0 saturated carbocycles. The lowest BCUT2D eigenvalue weighted by atomic mass is 10.2. The van der Waals surface area contributed by atoms with Crippen LogP contribution in [0.2, 0.25) is 0 Å². The fourth-order valence-corrected chi connectivity index (χ4v) is 0.881. The average molecular weight is 174 g/mol. The molecule has 0 aromatic heterocycles. The summed E-state index contributed by atoms with van der Waals surface area (Å²) in [7, 11) is 0. The van der Waals surface area contributed by atoms with Gasteiger partial charge in [0, 0.05) is 0 Å². The summed E-state index contributed by atoms with van der Waals surface area (Å²) >= 11 is 0. The van der Waals surface area contributed by atoms with Gasteiger partial charge in [0.05, 0.1) is 6.26 Å². The number of hydrogen-bond donors (Lipinski definition) is 0. The smallest absolute Gasteiger partial charge is 0.106 e. The zero-order valence-electron chi connectivity index (χ0n) is 7.81. The van der Waals surface area contributed by atoms with E-state index in [2.05, 4.69) is 19.1 Å². The Labute approximate surface area is 79.4 Å². The summed E-state index contributed by atoms with van der Waals surface area (Å²) in [4.78, 5) is 0. The van der Waals surface area contributed by atoms with E-state index in [1.807, 2.05) is 36.4 Å². The third kappa shape index (κ3) is 4.86. The lowest BCUT2D eigenvalue weighted by Gasteiger charge is -1.94. The van der Waals surface area contributed by atoms with Crippen molar-refractivity contribution in [2.24, 2.45) is 0 Å². The van der Waals surface area contributed by atoms with Gasteiger partial charge >= 0.3 is 0 Å². The molecular weight excluding hydrogens is 160 g/mol. The quantitative estimate of drug-likeness (QED) is 0.587. The van der Waals surface area contributed by atoms with Crippen molar-refractivity contribution in [2.45, 2.75) is 6.92 Å². The minimum atomic E-state index is 0.733. The minimum Gasteiger partial charge on any atom is -0.497 e. The van der Waals surface area contributed by atoms with Crippen molar-refractivity contribution in [3.63, 3.8) is 0 Å². The number of allylic oxidation sites excluding steroid dienone is 2. The Morgan fingerprint density at radius 1 is 1.08 bits per heavy atom. The molecule has 0 N–H and O–H groups in total. The van der Waals surface area contributed by atoms with Crippen molar-refractivity contribution < 1.29 is 4.74 Å². The molecular formula is C12H14O. The van der Waals surface area contributed by atoms with Crippen LogP contribution in [0.3, 0.4) is 0 Å². The highest BCUT2D eigenvalue weighted by Crippen LogP contribution is 1.92. The summed E-state index contributed by atoms with van der Waals surface area (Å²) in [6, 6.07) is 10.3. The lowest BCUT2D eigenvalue weighted by Crippen LogP contribution is -1.82. The Morgan fingerprint density at radius 2 is 1.85 bits per heavy atom. The molecule has 0 fully saturated rings. The van der Waals surface area contributed by atoms with Crippen molar-refractivity contribution in [3.05, 3.63) is 60.4 Å². The molecule has 0 amide bonds. The maximum Gasteiger partial charge on any atom is 0.106 e. The molecule has 1 heterocycles. The third-order valence-electron chi connectivity index (χ3n) is 1.55. The van der Waals surface area contributed by atoms with Crippen LogP contribution in [0, 0.1) is 6.92 Å². The van der Waals surface area contributed by atoms with Crippen LogP contribution in [-0.2, 0) is 4.74 Å². The molecule has 0 spiro atoms. The summed E-state index contributed by atoms with van der Waals surface area (Å²) in [5, 5.41) is 0. The topological polar surface area (TPSA) is 9.23 Å². The largest absolute Gasteiger partial charge is 0.497 e. The van der Waals surface area contributed by atoms with Crippen LogP contribution >= 0.6 is 0 Å². The molecule has 0 bridgehead atoms. The highest BCUT2D eigenvalue weighted by atomic mass is 16.5. The molecule has 1 nitrogen and oxygen atoms in total. The Bertz CT molecular complexity index is 260. The summed E-state index contributed by atoms with van der Waals surface area (Å²) in [6.07, 6.45) is 7.47. The maximum absolute atomic E-state index is 4.80. The third-order valence-corrected chi connectivity index (χ3v) is 1.55. The first-order valence-corrected chi connectivity index (χ1v) is 4.34. The van der Waals surface area contributed by atoms with Gasteiger partial charge in [-0.1, -0.05) is 42.0 Å². The monoisotopic (exact) mass is 174 g/mol. The molecule has 1 aliphatic heterocycles. The van der Waals surface area contributed by atoms with Crippen LogP contribution in [0.1, 0.15) is 5.56 Å². The predicted octanol–water partition coefficient (Wildman–Crippen LogP) is 3.08. The van der Waals surface area contributed by atoms with Gasteiger partial charge in [0.1, 0.15) is 6.61 Å². The van der Waals surface area contributed by atoms with Gasteiger partial charge in [0.2, 0.25) is 0 Å². The summed E-state index contributed by atoms with van der Waals surface area (Å²) < 4.78 is 4.80. The van der Waals surface area contributed by atoms with Gasteiger partial charge < -0.3 is 4.74 Å². The van der Waals surface area contributed by atoms with E-state index in [4.69, 9.17) is 4.74 Å². The maximum atomic E-state index is 4.80. The molecule has 0 saturated heterocycles. The molecule has 13 heavy (non-hydrogen) atoms. The molecule has 0 aliphatic carbocycles. The molecule has 0 atom stereocenters. The molecule has 0 unspecified atom stereocenters. The molecule has 1 heteroatoms. The minimum absolute atomic E-state index is 0.733. The first-order chi connectivity index (χ1) is 6.39. The molecule has 0 radical (unpaired) electrons. The number of ether oxygens (including phenoxy) is 1. The zero-order valence-corrected chi connectivity index (χ0v) is 7.81. The van der Waals surface area contributed by atoms with E-state index in [9.17, 15) is 0 Å². The van der Waals surface area contributed by atoms with Crippen LogP contribution in [0.4, 0.5) is 0 Å². The second kappa shape index (κ2) is 6.06. The molecule has 1 aromatic rings. The summed E-state index contributed by atoms with van der Waals surface area (Å²) in [5.41, 5.74) is 1.32. The summed E-state index contributed by atoms with van der Waals surface area (Å²) in [6.45, 7) is 2.82. The Morgan fingerprint density at radius 3 is 2.08 bits per heavy atom. The van der Waals surface area contributed by atoms with E-state index in [0.29, 0.717) is 0 Å². The fourth-order valence-electron chi connectivity index (χ4n) is 0.881. The van der Waals surface area contributed by atoms with Gasteiger partial charge in [-0.25, -0.2) is 0 Å². The van der Waals surface area contributed by atoms with Gasteiger partial charge in [0.15, 0.2) is 0 Å². The normalized spacial score (nSPS) is 12.7. The van der Waals surface area contributed by atoms with Gasteiger partial charge in [-0.05, 0) is 19.1 Å². The predicted molar refractivity (Wildman–Crippen MR) is 55.4 cm³/mol. The van der Waals surface area contributed by atoms with Crippen LogP contribution < -0.4 is 0 Å². The highest BCUT2D eigenvalue weighted by molar-refractivity contribution is 5.11. The first kappa shape index (κ1) is 9.59. The number of aryl methyl sites for hydroxylation is 1. The zero-order chi connectivity index (χ0) is 9.36. The van der Waals surface area contributed by atoms with Gasteiger partial charge in [-0.2, -0.15) is 0 Å². The van der Waals surface area contributed by atoms with E-state index < -0.39 is 0 Å². The van der Waals surface area contributed by atoms with Crippen LogP contribution in [-0.4, -0.2) is 6.61 Å². The summed E-state index contributed by atoms with van der Waals surface area (Å²) in [5.74, 6) is 0. The highest BCUT2D eigenvalue weighted by Gasteiger charge is 1.75. The van der Waals surface area contributed by atoms with E-state index in [1.54, 1.807) is 6.26 Å². The van der Waals surface area contributed by atoms with Gasteiger partial charge in [-0.3, -0.25) is 0 Å². The van der Waals surface area contributed by atoms with Crippen molar-refractivity contribution in [3.8, 4) is 0 Å². The Kier molecular flexibility index (Phi) is 4.47. The first-order valence-electron chi connectivity index (χ1n) is 4.34. The van der Waals surface area contributed by atoms with Crippen LogP contribution in [0.15, 0.2) is 54.8 Å². The van der Waals surface area contributed by atoms with E-state index >= 15 is 0 Å². The van der Waals surface area contributed by atoms with Crippen molar-refractivity contribution in [1.29, 1.82) is 0 Å². The Hall–Kier alpha value is -1.50. The second-order valence-electron chi connectivity index (χ2n) is 2.74. The second-order valence-corrected chi connectivity index (χ2v) is 2.74. The fraction of sp³-hybridized carbons (Fsp3) is 0.167. The van der Waals surface area contributed by atoms with Crippen LogP contribution in [0.5, 0.6) is 0 Å². The van der Waals surface area contributed by atoms with Crippen molar-refractivity contribution in [2.75, 3.05) is 6.61 Å². The SMILES string of the molecule is C1=CCOC=C1.Cc1ccccc1.